The summed E-state index contributed by atoms with van der Waals surface area (Å²) in [5.74, 6) is -0.0164. The predicted octanol–water partition coefficient (Wildman–Crippen LogP) is 3.50. The lowest BCUT2D eigenvalue weighted by atomic mass is 9.99. The highest BCUT2D eigenvalue weighted by Crippen LogP contribution is 2.22. The SMILES string of the molecule is CC(C(=O)Nc1ccccc1N)N1CCc2ccccc2C1.Cl.Cl. The fraction of sp³-hybridized carbons (Fsp3) is 0.278. The summed E-state index contributed by atoms with van der Waals surface area (Å²) in [5.41, 5.74) is 9.85. The number of rotatable bonds is 3. The number of nitrogen functional groups attached to an aromatic ring is 1. The zero-order valence-corrected chi connectivity index (χ0v) is 15.2. The summed E-state index contributed by atoms with van der Waals surface area (Å²) in [6, 6.07) is 15.6. The number of benzene rings is 2. The molecule has 0 bridgehead atoms. The Hall–Kier alpha value is -1.75. The van der Waals surface area contributed by atoms with Gasteiger partial charge in [0.2, 0.25) is 5.91 Å². The van der Waals surface area contributed by atoms with E-state index < -0.39 is 0 Å². The van der Waals surface area contributed by atoms with Gasteiger partial charge < -0.3 is 11.1 Å². The molecule has 0 saturated heterocycles. The molecule has 1 atom stereocenters. The standard InChI is InChI=1S/C18H21N3O.2ClH/c1-13(18(22)20-17-9-5-4-8-16(17)19)21-11-10-14-6-2-3-7-15(14)12-21;;/h2-9,13H,10-12,19H2,1H3,(H,20,22);2*1H. The second-order valence-electron chi connectivity index (χ2n) is 5.74. The molecule has 1 aliphatic heterocycles. The van der Waals surface area contributed by atoms with Crippen molar-refractivity contribution in [3.8, 4) is 0 Å². The number of anilines is 2. The van der Waals surface area contributed by atoms with Crippen molar-refractivity contribution < 1.29 is 4.79 Å². The number of fused-ring (bicyclic) bond motifs is 1. The third kappa shape index (κ3) is 4.41. The molecule has 0 radical (unpaired) electrons. The maximum absolute atomic E-state index is 12.5. The lowest BCUT2D eigenvalue weighted by Gasteiger charge is -2.32. The van der Waals surface area contributed by atoms with E-state index in [0.717, 1.165) is 19.5 Å². The molecule has 1 unspecified atom stereocenters. The number of halogens is 2. The van der Waals surface area contributed by atoms with Crippen LogP contribution in [0.15, 0.2) is 48.5 Å². The smallest absolute Gasteiger partial charge is 0.241 e. The van der Waals surface area contributed by atoms with Gasteiger partial charge in [-0.1, -0.05) is 36.4 Å². The molecule has 1 heterocycles. The van der Waals surface area contributed by atoms with Gasteiger partial charge in [-0.25, -0.2) is 0 Å². The first-order chi connectivity index (χ1) is 10.6. The topological polar surface area (TPSA) is 58.4 Å². The number of carbonyl (C=O) groups is 1. The Bertz CT molecular complexity index is 693. The minimum atomic E-state index is -0.187. The number of nitrogens with zero attached hydrogens (tertiary/aromatic N) is 1. The molecule has 0 fully saturated rings. The van der Waals surface area contributed by atoms with E-state index in [2.05, 4.69) is 34.5 Å². The van der Waals surface area contributed by atoms with E-state index in [1.807, 2.05) is 25.1 Å². The number of hydrogen-bond donors (Lipinski definition) is 2. The van der Waals surface area contributed by atoms with E-state index in [0.29, 0.717) is 11.4 Å². The van der Waals surface area contributed by atoms with Crippen molar-refractivity contribution in [2.45, 2.75) is 25.9 Å². The summed E-state index contributed by atoms with van der Waals surface area (Å²) in [4.78, 5) is 14.7. The highest BCUT2D eigenvalue weighted by atomic mass is 35.5. The minimum absolute atomic E-state index is 0. The highest BCUT2D eigenvalue weighted by Gasteiger charge is 2.25. The van der Waals surface area contributed by atoms with Crippen molar-refractivity contribution in [1.29, 1.82) is 0 Å². The van der Waals surface area contributed by atoms with Crippen molar-refractivity contribution in [1.82, 2.24) is 4.90 Å². The summed E-state index contributed by atoms with van der Waals surface area (Å²) in [6.07, 6.45) is 0.987. The van der Waals surface area contributed by atoms with Gasteiger partial charge in [-0.05, 0) is 36.6 Å². The van der Waals surface area contributed by atoms with Crippen LogP contribution < -0.4 is 11.1 Å². The van der Waals surface area contributed by atoms with Crippen LogP contribution in [0.3, 0.4) is 0 Å². The van der Waals surface area contributed by atoms with Gasteiger partial charge in [-0.3, -0.25) is 9.69 Å². The maximum atomic E-state index is 12.5. The summed E-state index contributed by atoms with van der Waals surface area (Å²) in [6.45, 7) is 3.66. The monoisotopic (exact) mass is 367 g/mol. The first-order valence-electron chi connectivity index (χ1n) is 7.61. The molecule has 0 saturated carbocycles. The number of hydrogen-bond acceptors (Lipinski definition) is 3. The Labute approximate surface area is 155 Å². The van der Waals surface area contributed by atoms with Gasteiger partial charge in [0.05, 0.1) is 17.4 Å². The van der Waals surface area contributed by atoms with Crippen LogP contribution in [0.5, 0.6) is 0 Å². The van der Waals surface area contributed by atoms with Crippen LogP contribution >= 0.6 is 24.8 Å². The molecule has 1 amide bonds. The normalized spacial score (nSPS) is 14.5. The molecule has 0 aromatic heterocycles. The van der Waals surface area contributed by atoms with Crippen molar-refractivity contribution >= 4 is 42.1 Å². The Kier molecular flexibility index (Phi) is 7.55. The van der Waals surface area contributed by atoms with E-state index in [9.17, 15) is 4.79 Å². The van der Waals surface area contributed by atoms with E-state index in [4.69, 9.17) is 5.73 Å². The fourth-order valence-corrected chi connectivity index (χ4v) is 2.86. The second kappa shape index (κ2) is 8.92. The minimum Gasteiger partial charge on any atom is -0.397 e. The summed E-state index contributed by atoms with van der Waals surface area (Å²) in [5, 5.41) is 2.93. The molecule has 24 heavy (non-hydrogen) atoms. The van der Waals surface area contributed by atoms with Crippen molar-refractivity contribution in [3.05, 3.63) is 59.7 Å². The van der Waals surface area contributed by atoms with Crippen LogP contribution in [-0.2, 0) is 17.8 Å². The summed E-state index contributed by atoms with van der Waals surface area (Å²) in [7, 11) is 0. The number of amides is 1. The van der Waals surface area contributed by atoms with Gasteiger partial charge in [0.25, 0.3) is 0 Å². The van der Waals surface area contributed by atoms with Gasteiger partial charge in [0.1, 0.15) is 0 Å². The molecule has 0 spiro atoms. The Morgan fingerprint density at radius 2 is 1.71 bits per heavy atom. The third-order valence-electron chi connectivity index (χ3n) is 4.31. The Morgan fingerprint density at radius 3 is 2.42 bits per heavy atom. The zero-order valence-electron chi connectivity index (χ0n) is 13.6. The van der Waals surface area contributed by atoms with Crippen LogP contribution in [0.1, 0.15) is 18.1 Å². The highest BCUT2D eigenvalue weighted by molar-refractivity contribution is 5.97. The molecule has 130 valence electrons. The van der Waals surface area contributed by atoms with Crippen LogP contribution in [0.4, 0.5) is 11.4 Å². The van der Waals surface area contributed by atoms with Crippen LogP contribution in [-0.4, -0.2) is 23.4 Å². The van der Waals surface area contributed by atoms with Crippen molar-refractivity contribution in [2.24, 2.45) is 0 Å². The summed E-state index contributed by atoms with van der Waals surface area (Å²) < 4.78 is 0. The predicted molar refractivity (Wildman–Crippen MR) is 104 cm³/mol. The van der Waals surface area contributed by atoms with Gasteiger partial charge in [0, 0.05) is 13.1 Å². The number of carbonyl (C=O) groups excluding carboxylic acids is 1. The van der Waals surface area contributed by atoms with Crippen molar-refractivity contribution in [3.63, 3.8) is 0 Å². The first kappa shape index (κ1) is 20.3. The molecule has 4 nitrogen and oxygen atoms in total. The quantitative estimate of drug-likeness (QED) is 0.816. The van der Waals surface area contributed by atoms with E-state index >= 15 is 0 Å². The molecule has 2 aromatic rings. The lowest BCUT2D eigenvalue weighted by molar-refractivity contribution is -0.121. The van der Waals surface area contributed by atoms with Crippen molar-refractivity contribution in [2.75, 3.05) is 17.6 Å². The zero-order chi connectivity index (χ0) is 15.5. The van der Waals surface area contributed by atoms with Crippen LogP contribution in [0.25, 0.3) is 0 Å². The second-order valence-corrected chi connectivity index (χ2v) is 5.74. The summed E-state index contributed by atoms with van der Waals surface area (Å²) >= 11 is 0. The van der Waals surface area contributed by atoms with Gasteiger partial charge in [0.15, 0.2) is 0 Å². The first-order valence-corrected chi connectivity index (χ1v) is 7.61. The number of para-hydroxylation sites is 2. The van der Waals surface area contributed by atoms with Crippen LogP contribution in [0, 0.1) is 0 Å². The molecule has 1 aliphatic rings. The third-order valence-corrected chi connectivity index (χ3v) is 4.31. The number of nitrogens with one attached hydrogen (secondary N) is 1. The average Bonchev–Trinajstić information content (AvgIpc) is 2.55. The Morgan fingerprint density at radius 1 is 1.08 bits per heavy atom. The largest absolute Gasteiger partial charge is 0.397 e. The molecule has 6 heteroatoms. The van der Waals surface area contributed by atoms with E-state index in [1.165, 1.54) is 11.1 Å². The molecule has 3 rings (SSSR count). The fourth-order valence-electron chi connectivity index (χ4n) is 2.86. The Balaban J connectivity index is 0.00000144. The molecule has 0 aliphatic carbocycles. The molecular weight excluding hydrogens is 345 g/mol. The lowest BCUT2D eigenvalue weighted by Crippen LogP contribution is -2.44. The van der Waals surface area contributed by atoms with Crippen LogP contribution in [0.2, 0.25) is 0 Å². The van der Waals surface area contributed by atoms with E-state index in [1.54, 1.807) is 6.07 Å². The molecule has 3 N–H and O–H groups in total. The van der Waals surface area contributed by atoms with Gasteiger partial charge in [-0.2, -0.15) is 0 Å². The molecular formula is C18H23Cl2N3O. The average molecular weight is 368 g/mol. The molecule has 2 aromatic carbocycles. The van der Waals surface area contributed by atoms with E-state index in [-0.39, 0.29) is 36.8 Å². The van der Waals surface area contributed by atoms with Gasteiger partial charge in [-0.15, -0.1) is 24.8 Å². The number of nitrogens with two attached hydrogens (primary N) is 1. The van der Waals surface area contributed by atoms with Gasteiger partial charge >= 0.3 is 0 Å². The maximum Gasteiger partial charge on any atom is 0.241 e.